The highest BCUT2D eigenvalue weighted by Gasteiger charge is 2.27. The molecule has 5 nitrogen and oxygen atoms in total. The fraction of sp³-hybridized carbons (Fsp3) is 0.250. The molecule has 7 heteroatoms. The van der Waals surface area contributed by atoms with Crippen molar-refractivity contribution in [2.45, 2.75) is 37.2 Å². The van der Waals surface area contributed by atoms with Crippen LogP contribution >= 0.6 is 0 Å². The van der Waals surface area contributed by atoms with Crippen LogP contribution in [0.2, 0.25) is 0 Å². The van der Waals surface area contributed by atoms with Gasteiger partial charge >= 0.3 is 0 Å². The first-order valence-corrected chi connectivity index (χ1v) is 10.2. The first kappa shape index (κ1) is 19.3. The number of hydrogen-bond donors (Lipinski definition) is 2. The molecule has 0 spiro atoms. The van der Waals surface area contributed by atoms with Crippen LogP contribution in [0.5, 0.6) is 0 Å². The zero-order valence-corrected chi connectivity index (χ0v) is 15.7. The zero-order valence-electron chi connectivity index (χ0n) is 14.9. The molecular formula is C20H21FN2O3S. The van der Waals surface area contributed by atoms with Crippen molar-refractivity contribution in [3.8, 4) is 0 Å². The number of allylic oxidation sites excluding steroid dienone is 1. The summed E-state index contributed by atoms with van der Waals surface area (Å²) in [6.07, 6.45) is 3.22. The number of halogens is 1. The quantitative estimate of drug-likeness (QED) is 0.716. The van der Waals surface area contributed by atoms with Crippen LogP contribution in [-0.2, 0) is 21.4 Å². The smallest absolute Gasteiger partial charge is 0.244 e. The summed E-state index contributed by atoms with van der Waals surface area (Å²) in [4.78, 5) is 12.3. The van der Waals surface area contributed by atoms with E-state index in [0.29, 0.717) is 0 Å². The van der Waals surface area contributed by atoms with Crippen LogP contribution in [0.3, 0.4) is 0 Å². The van der Waals surface area contributed by atoms with Gasteiger partial charge < -0.3 is 5.32 Å². The maximum atomic E-state index is 12.9. The molecule has 0 aromatic heterocycles. The average molecular weight is 388 g/mol. The number of nitrogens with one attached hydrogen (secondary N) is 2. The van der Waals surface area contributed by atoms with E-state index in [0.717, 1.165) is 29.5 Å². The van der Waals surface area contributed by atoms with Gasteiger partial charge in [0.25, 0.3) is 0 Å². The Morgan fingerprint density at radius 2 is 1.74 bits per heavy atom. The Morgan fingerprint density at radius 3 is 2.33 bits per heavy atom. The second kappa shape index (κ2) is 8.02. The van der Waals surface area contributed by atoms with E-state index >= 15 is 0 Å². The molecule has 0 aliphatic heterocycles. The van der Waals surface area contributed by atoms with Gasteiger partial charge in [-0.25, -0.2) is 17.5 Å². The molecule has 3 rings (SSSR count). The van der Waals surface area contributed by atoms with Crippen LogP contribution in [0.1, 0.15) is 30.9 Å². The Kier molecular flexibility index (Phi) is 5.72. The van der Waals surface area contributed by atoms with E-state index in [1.807, 2.05) is 0 Å². The third kappa shape index (κ3) is 5.48. The van der Waals surface area contributed by atoms with Gasteiger partial charge in [-0.3, -0.25) is 4.79 Å². The molecule has 27 heavy (non-hydrogen) atoms. The summed E-state index contributed by atoms with van der Waals surface area (Å²) < 4.78 is 39.8. The Morgan fingerprint density at radius 1 is 1.11 bits per heavy atom. The van der Waals surface area contributed by atoms with E-state index in [9.17, 15) is 17.6 Å². The summed E-state index contributed by atoms with van der Waals surface area (Å²) in [5, 5.41) is 2.76. The largest absolute Gasteiger partial charge is 0.348 e. The molecule has 2 aromatic carbocycles. The second-order valence-corrected chi connectivity index (χ2v) is 8.31. The van der Waals surface area contributed by atoms with E-state index < -0.39 is 10.0 Å². The van der Waals surface area contributed by atoms with Crippen LogP contribution in [0, 0.1) is 5.82 Å². The molecule has 142 valence electrons. The molecule has 1 aliphatic rings. The van der Waals surface area contributed by atoms with Crippen molar-refractivity contribution >= 4 is 21.5 Å². The van der Waals surface area contributed by atoms with Gasteiger partial charge in [0.15, 0.2) is 0 Å². The maximum absolute atomic E-state index is 12.9. The summed E-state index contributed by atoms with van der Waals surface area (Å²) >= 11 is 0. The van der Waals surface area contributed by atoms with Crippen LogP contribution in [0.4, 0.5) is 4.39 Å². The normalized spacial score (nSPS) is 14.8. The Labute approximate surface area is 158 Å². The minimum atomic E-state index is -3.47. The molecule has 1 aliphatic carbocycles. The van der Waals surface area contributed by atoms with Crippen molar-refractivity contribution in [1.82, 2.24) is 10.0 Å². The average Bonchev–Trinajstić information content (AvgIpc) is 3.44. The van der Waals surface area contributed by atoms with Crippen molar-refractivity contribution in [2.75, 3.05) is 0 Å². The predicted octanol–water partition coefficient (Wildman–Crippen LogP) is 2.99. The maximum Gasteiger partial charge on any atom is 0.244 e. The van der Waals surface area contributed by atoms with Gasteiger partial charge in [0.2, 0.25) is 15.9 Å². The van der Waals surface area contributed by atoms with Crippen molar-refractivity contribution in [3.63, 3.8) is 0 Å². The van der Waals surface area contributed by atoms with E-state index in [1.54, 1.807) is 31.2 Å². The summed E-state index contributed by atoms with van der Waals surface area (Å²) in [7, 11) is -3.47. The van der Waals surface area contributed by atoms with E-state index in [1.165, 1.54) is 30.3 Å². The summed E-state index contributed by atoms with van der Waals surface area (Å²) in [5.74, 6) is -0.599. The Balaban J connectivity index is 1.57. The number of carbonyl (C=O) groups is 1. The van der Waals surface area contributed by atoms with Crippen molar-refractivity contribution in [2.24, 2.45) is 0 Å². The monoisotopic (exact) mass is 388 g/mol. The van der Waals surface area contributed by atoms with Crippen molar-refractivity contribution < 1.29 is 17.6 Å². The van der Waals surface area contributed by atoms with E-state index in [2.05, 4.69) is 10.0 Å². The summed E-state index contributed by atoms with van der Waals surface area (Å²) in [6.45, 7) is 2.06. The fourth-order valence-electron chi connectivity index (χ4n) is 2.51. The number of sulfonamides is 1. The van der Waals surface area contributed by atoms with Gasteiger partial charge in [0.05, 0.1) is 4.90 Å². The van der Waals surface area contributed by atoms with Gasteiger partial charge in [-0.15, -0.1) is 0 Å². The molecular weight excluding hydrogens is 367 g/mol. The predicted molar refractivity (Wildman–Crippen MR) is 102 cm³/mol. The number of benzene rings is 2. The van der Waals surface area contributed by atoms with Crippen LogP contribution in [-0.4, -0.2) is 20.4 Å². The molecule has 0 saturated heterocycles. The summed E-state index contributed by atoms with van der Waals surface area (Å²) in [6, 6.07) is 12.4. The highest BCUT2D eigenvalue weighted by atomic mass is 32.2. The van der Waals surface area contributed by atoms with Crippen LogP contribution in [0.25, 0.3) is 5.57 Å². The lowest BCUT2D eigenvalue weighted by Gasteiger charge is -2.07. The standard InChI is InChI=1S/C20H21FN2O3S/c1-14(16-4-6-17(21)7-5-16)12-20(24)22-13-15-2-10-19(11-3-15)27(25,26)23-18-8-9-18/h2-7,10-12,18,23H,8-9,13H2,1H3,(H,22,24)/b14-12-. The fourth-order valence-corrected chi connectivity index (χ4v) is 3.81. The topological polar surface area (TPSA) is 75.3 Å². The molecule has 1 amide bonds. The molecule has 0 atom stereocenters. The van der Waals surface area contributed by atoms with Gasteiger partial charge in [0, 0.05) is 18.7 Å². The number of hydrogen-bond acceptors (Lipinski definition) is 3. The van der Waals surface area contributed by atoms with Gasteiger partial charge in [-0.2, -0.15) is 0 Å². The third-order valence-electron chi connectivity index (χ3n) is 4.25. The van der Waals surface area contributed by atoms with E-state index in [4.69, 9.17) is 0 Å². The molecule has 2 aromatic rings. The minimum Gasteiger partial charge on any atom is -0.348 e. The van der Waals surface area contributed by atoms with Crippen molar-refractivity contribution in [3.05, 3.63) is 71.6 Å². The van der Waals surface area contributed by atoms with Gasteiger partial charge in [-0.05, 0) is 60.7 Å². The zero-order chi connectivity index (χ0) is 19.4. The SMILES string of the molecule is C/C(=C/C(=O)NCc1ccc(S(=O)(=O)NC2CC2)cc1)c1ccc(F)cc1. The molecule has 0 bridgehead atoms. The lowest BCUT2D eigenvalue weighted by atomic mass is 10.1. The molecule has 2 N–H and O–H groups in total. The van der Waals surface area contributed by atoms with E-state index in [-0.39, 0.29) is 29.2 Å². The van der Waals surface area contributed by atoms with Crippen LogP contribution in [0.15, 0.2) is 59.5 Å². The first-order chi connectivity index (χ1) is 12.8. The molecule has 0 radical (unpaired) electrons. The highest BCUT2D eigenvalue weighted by Crippen LogP contribution is 2.22. The van der Waals surface area contributed by atoms with Crippen LogP contribution < -0.4 is 10.0 Å². The van der Waals surface area contributed by atoms with Crippen molar-refractivity contribution in [1.29, 1.82) is 0 Å². The molecule has 1 fully saturated rings. The van der Waals surface area contributed by atoms with Gasteiger partial charge in [0.1, 0.15) is 5.82 Å². The lowest BCUT2D eigenvalue weighted by Crippen LogP contribution is -2.25. The third-order valence-corrected chi connectivity index (χ3v) is 5.78. The number of rotatable bonds is 7. The number of carbonyl (C=O) groups excluding carboxylic acids is 1. The molecule has 1 saturated carbocycles. The first-order valence-electron chi connectivity index (χ1n) is 8.67. The molecule has 0 heterocycles. The highest BCUT2D eigenvalue weighted by molar-refractivity contribution is 7.89. The Bertz CT molecular complexity index is 948. The minimum absolute atomic E-state index is 0.0603. The molecule has 0 unspecified atom stereocenters. The van der Waals surface area contributed by atoms with Gasteiger partial charge in [-0.1, -0.05) is 24.3 Å². The lowest BCUT2D eigenvalue weighted by molar-refractivity contribution is -0.116. The summed E-state index contributed by atoms with van der Waals surface area (Å²) in [5.41, 5.74) is 2.28. The second-order valence-electron chi connectivity index (χ2n) is 6.59. The Hall–Kier alpha value is -2.51. The number of amides is 1.